The van der Waals surface area contributed by atoms with Gasteiger partial charge in [-0.1, -0.05) is 18.2 Å². The minimum absolute atomic E-state index is 0.0974. The predicted molar refractivity (Wildman–Crippen MR) is 95.0 cm³/mol. The summed E-state index contributed by atoms with van der Waals surface area (Å²) in [5.41, 5.74) is 2.60. The Hall–Kier alpha value is -3.13. The smallest absolute Gasteiger partial charge is 0.337 e. The van der Waals surface area contributed by atoms with Crippen LogP contribution in [0.1, 0.15) is 0 Å². The standard InChI is InChI=1S/C18H20N4O4/c1-21-8-7-15(20-21)12-5-3-4-6-14(12)19-16-13(18(25)26-2)11-22(9-10-23)17(16)24/h3-8,19,23H,9-11H2,1-2H3. The molecular formula is C18H20N4O4. The Morgan fingerprint density at radius 2 is 2.12 bits per heavy atom. The maximum Gasteiger partial charge on any atom is 0.337 e. The molecule has 8 heteroatoms. The maximum atomic E-state index is 12.6. The van der Waals surface area contributed by atoms with Crippen LogP contribution in [0.4, 0.5) is 5.69 Å². The summed E-state index contributed by atoms with van der Waals surface area (Å²) in [7, 11) is 3.10. The Morgan fingerprint density at radius 3 is 2.77 bits per heavy atom. The molecule has 2 heterocycles. The second kappa shape index (κ2) is 7.40. The molecule has 8 nitrogen and oxygen atoms in total. The van der Waals surface area contributed by atoms with E-state index in [4.69, 9.17) is 9.84 Å². The van der Waals surface area contributed by atoms with Crippen LogP contribution in [0, 0.1) is 0 Å². The van der Waals surface area contributed by atoms with Crippen molar-refractivity contribution in [2.24, 2.45) is 7.05 Å². The van der Waals surface area contributed by atoms with Gasteiger partial charge in [-0.25, -0.2) is 4.79 Å². The lowest BCUT2D eigenvalue weighted by atomic mass is 10.1. The van der Waals surface area contributed by atoms with Gasteiger partial charge in [0.05, 0.1) is 31.5 Å². The van der Waals surface area contributed by atoms with E-state index < -0.39 is 5.97 Å². The number of ether oxygens (including phenoxy) is 1. The number of β-amino-alcohol motifs (C(OH)–C–C–N with tert-alkyl or cyclic N) is 1. The molecule has 0 aliphatic carbocycles. The van der Waals surface area contributed by atoms with Crippen LogP contribution in [0.3, 0.4) is 0 Å². The lowest BCUT2D eigenvalue weighted by molar-refractivity contribution is -0.136. The molecule has 0 atom stereocenters. The normalized spacial score (nSPS) is 14.1. The lowest BCUT2D eigenvalue weighted by Crippen LogP contribution is -2.31. The maximum absolute atomic E-state index is 12.6. The molecule has 2 N–H and O–H groups in total. The van der Waals surface area contributed by atoms with Crippen molar-refractivity contribution in [2.75, 3.05) is 32.1 Å². The fraction of sp³-hybridized carbons (Fsp3) is 0.278. The Bertz CT molecular complexity index is 872. The minimum atomic E-state index is -0.573. The number of hydrogen-bond acceptors (Lipinski definition) is 6. The Morgan fingerprint density at radius 1 is 1.35 bits per heavy atom. The number of anilines is 1. The zero-order chi connectivity index (χ0) is 18.7. The average molecular weight is 356 g/mol. The molecule has 1 amide bonds. The molecule has 1 aromatic heterocycles. The van der Waals surface area contributed by atoms with E-state index in [0.717, 1.165) is 11.3 Å². The van der Waals surface area contributed by atoms with Crippen molar-refractivity contribution in [1.82, 2.24) is 14.7 Å². The summed E-state index contributed by atoms with van der Waals surface area (Å²) in [6.45, 7) is 0.0601. The number of rotatable bonds is 6. The van der Waals surface area contributed by atoms with E-state index in [1.807, 2.05) is 43.6 Å². The van der Waals surface area contributed by atoms with Crippen molar-refractivity contribution in [1.29, 1.82) is 0 Å². The van der Waals surface area contributed by atoms with E-state index in [2.05, 4.69) is 10.4 Å². The Balaban J connectivity index is 1.98. The topological polar surface area (TPSA) is 96.7 Å². The summed E-state index contributed by atoms with van der Waals surface area (Å²) in [5, 5.41) is 16.6. The molecule has 1 aliphatic rings. The van der Waals surface area contributed by atoms with Crippen LogP contribution in [0.25, 0.3) is 11.3 Å². The van der Waals surface area contributed by atoms with Gasteiger partial charge in [-0.15, -0.1) is 0 Å². The fourth-order valence-electron chi connectivity index (χ4n) is 2.86. The summed E-state index contributed by atoms with van der Waals surface area (Å²) < 4.78 is 6.49. The highest BCUT2D eigenvalue weighted by Gasteiger charge is 2.34. The number of aryl methyl sites for hydroxylation is 1. The molecule has 0 unspecified atom stereocenters. The van der Waals surface area contributed by atoms with E-state index in [9.17, 15) is 9.59 Å². The SMILES string of the molecule is COC(=O)C1=C(Nc2ccccc2-c2ccn(C)n2)C(=O)N(CCO)C1. The quantitative estimate of drug-likeness (QED) is 0.742. The fourth-order valence-corrected chi connectivity index (χ4v) is 2.86. The van der Waals surface area contributed by atoms with Crippen molar-refractivity contribution in [3.63, 3.8) is 0 Å². The molecule has 0 bridgehead atoms. The molecule has 3 rings (SSSR count). The number of aliphatic hydroxyl groups is 1. The van der Waals surface area contributed by atoms with Crippen molar-refractivity contribution in [3.05, 3.63) is 47.8 Å². The van der Waals surface area contributed by atoms with E-state index in [0.29, 0.717) is 5.69 Å². The van der Waals surface area contributed by atoms with Gasteiger partial charge in [0.15, 0.2) is 0 Å². The van der Waals surface area contributed by atoms with Crippen LogP contribution in [0.2, 0.25) is 0 Å². The van der Waals surface area contributed by atoms with Gasteiger partial charge >= 0.3 is 5.97 Å². The molecular weight excluding hydrogens is 336 g/mol. The van der Waals surface area contributed by atoms with Crippen LogP contribution in [-0.4, -0.2) is 58.5 Å². The Kier molecular flexibility index (Phi) is 5.04. The zero-order valence-corrected chi connectivity index (χ0v) is 14.6. The predicted octanol–water partition coefficient (Wildman–Crippen LogP) is 0.761. The third-order valence-electron chi connectivity index (χ3n) is 4.13. The number of esters is 1. The first-order valence-corrected chi connectivity index (χ1v) is 8.12. The molecule has 1 aromatic carbocycles. The lowest BCUT2D eigenvalue weighted by Gasteiger charge is -2.15. The summed E-state index contributed by atoms with van der Waals surface area (Å²) in [6.07, 6.45) is 1.83. The molecule has 1 aliphatic heterocycles. The van der Waals surface area contributed by atoms with Gasteiger partial charge in [0.25, 0.3) is 5.91 Å². The number of aliphatic hydroxyl groups excluding tert-OH is 1. The highest BCUT2D eigenvalue weighted by molar-refractivity contribution is 6.09. The van der Waals surface area contributed by atoms with Crippen LogP contribution in [-0.2, 0) is 21.4 Å². The molecule has 136 valence electrons. The first-order chi connectivity index (χ1) is 12.5. The van der Waals surface area contributed by atoms with Gasteiger partial charge in [0, 0.05) is 31.0 Å². The van der Waals surface area contributed by atoms with Crippen molar-refractivity contribution in [3.8, 4) is 11.3 Å². The number of carbonyl (C=O) groups is 2. The number of nitrogens with one attached hydrogen (secondary N) is 1. The van der Waals surface area contributed by atoms with Gasteiger partial charge < -0.3 is 20.1 Å². The van der Waals surface area contributed by atoms with Gasteiger partial charge in [-0.2, -0.15) is 5.10 Å². The second-order valence-electron chi connectivity index (χ2n) is 5.84. The third kappa shape index (κ3) is 3.31. The van der Waals surface area contributed by atoms with E-state index in [1.165, 1.54) is 12.0 Å². The van der Waals surface area contributed by atoms with Crippen LogP contribution >= 0.6 is 0 Å². The van der Waals surface area contributed by atoms with E-state index in [-0.39, 0.29) is 36.9 Å². The summed E-state index contributed by atoms with van der Waals surface area (Å²) >= 11 is 0. The number of amides is 1. The van der Waals surface area contributed by atoms with Gasteiger partial charge in [-0.05, 0) is 12.1 Å². The number of hydrogen-bond donors (Lipinski definition) is 2. The molecule has 0 saturated heterocycles. The van der Waals surface area contributed by atoms with Crippen molar-refractivity contribution >= 4 is 17.6 Å². The highest BCUT2D eigenvalue weighted by Crippen LogP contribution is 2.30. The number of carbonyl (C=O) groups excluding carboxylic acids is 2. The largest absolute Gasteiger partial charge is 0.466 e. The van der Waals surface area contributed by atoms with E-state index >= 15 is 0 Å². The molecule has 0 radical (unpaired) electrons. The monoisotopic (exact) mass is 356 g/mol. The Labute approximate surface area is 150 Å². The minimum Gasteiger partial charge on any atom is -0.466 e. The highest BCUT2D eigenvalue weighted by atomic mass is 16.5. The van der Waals surface area contributed by atoms with Crippen LogP contribution < -0.4 is 5.32 Å². The summed E-state index contributed by atoms with van der Waals surface area (Å²) in [6, 6.07) is 9.27. The molecule has 26 heavy (non-hydrogen) atoms. The van der Waals surface area contributed by atoms with Gasteiger partial charge in [0.2, 0.25) is 0 Å². The van der Waals surface area contributed by atoms with Gasteiger partial charge in [0.1, 0.15) is 5.70 Å². The van der Waals surface area contributed by atoms with Gasteiger partial charge in [-0.3, -0.25) is 9.48 Å². The number of para-hydroxylation sites is 1. The summed E-state index contributed by atoms with van der Waals surface area (Å²) in [4.78, 5) is 26.1. The first kappa shape index (κ1) is 17.7. The first-order valence-electron chi connectivity index (χ1n) is 8.12. The summed E-state index contributed by atoms with van der Waals surface area (Å²) in [5.74, 6) is -0.924. The molecule has 0 spiro atoms. The number of benzene rings is 1. The third-order valence-corrected chi connectivity index (χ3v) is 4.13. The molecule has 2 aromatic rings. The molecule has 0 saturated carbocycles. The average Bonchev–Trinajstić information content (AvgIpc) is 3.20. The second-order valence-corrected chi connectivity index (χ2v) is 5.84. The van der Waals surface area contributed by atoms with Crippen molar-refractivity contribution < 1.29 is 19.4 Å². The number of aromatic nitrogens is 2. The molecule has 0 fully saturated rings. The number of nitrogens with zero attached hydrogens (tertiary/aromatic N) is 3. The van der Waals surface area contributed by atoms with Crippen molar-refractivity contribution in [2.45, 2.75) is 0 Å². The van der Waals surface area contributed by atoms with Crippen LogP contribution in [0.15, 0.2) is 47.8 Å². The van der Waals surface area contributed by atoms with E-state index in [1.54, 1.807) is 4.68 Å². The number of methoxy groups -OCH3 is 1. The van der Waals surface area contributed by atoms with Crippen LogP contribution in [0.5, 0.6) is 0 Å². The zero-order valence-electron chi connectivity index (χ0n) is 14.6.